The molecule has 1 aromatic carbocycles. The van der Waals surface area contributed by atoms with Gasteiger partial charge in [0, 0.05) is 37.3 Å². The van der Waals surface area contributed by atoms with E-state index in [2.05, 4.69) is 20.8 Å². The van der Waals surface area contributed by atoms with Crippen molar-refractivity contribution in [1.29, 1.82) is 0 Å². The van der Waals surface area contributed by atoms with Gasteiger partial charge in [-0.25, -0.2) is 0 Å². The summed E-state index contributed by atoms with van der Waals surface area (Å²) in [5.74, 6) is 0.383. The van der Waals surface area contributed by atoms with Crippen LogP contribution in [0.5, 0.6) is 5.75 Å². The number of fused-ring (bicyclic) bond motifs is 1. The number of methoxy groups -OCH3 is 1. The molecule has 0 bridgehead atoms. The number of ether oxygens (including phenoxy) is 1. The van der Waals surface area contributed by atoms with Crippen molar-refractivity contribution in [3.05, 3.63) is 46.8 Å². The SMILES string of the molecule is COc1cccc(C(O)CNC(=O)c2n[nH]c3c2CNCC3)c1.Cl. The van der Waals surface area contributed by atoms with E-state index in [9.17, 15) is 9.90 Å². The van der Waals surface area contributed by atoms with Crippen LogP contribution in [-0.4, -0.2) is 41.4 Å². The lowest BCUT2D eigenvalue weighted by Gasteiger charge is -2.14. The van der Waals surface area contributed by atoms with Gasteiger partial charge in [0.05, 0.1) is 13.2 Å². The summed E-state index contributed by atoms with van der Waals surface area (Å²) in [4.78, 5) is 12.3. The molecule has 0 radical (unpaired) electrons. The Labute approximate surface area is 146 Å². The predicted molar refractivity (Wildman–Crippen MR) is 91.5 cm³/mol. The summed E-state index contributed by atoms with van der Waals surface area (Å²) in [6.45, 7) is 1.62. The van der Waals surface area contributed by atoms with Gasteiger partial charge in [0.25, 0.3) is 5.91 Å². The van der Waals surface area contributed by atoms with Gasteiger partial charge in [-0.1, -0.05) is 12.1 Å². The highest BCUT2D eigenvalue weighted by atomic mass is 35.5. The van der Waals surface area contributed by atoms with Crippen LogP contribution in [0.15, 0.2) is 24.3 Å². The number of halogens is 1. The first-order valence-corrected chi connectivity index (χ1v) is 7.56. The molecule has 1 atom stereocenters. The van der Waals surface area contributed by atoms with E-state index < -0.39 is 6.10 Å². The average Bonchev–Trinajstić information content (AvgIpc) is 3.03. The Morgan fingerprint density at radius 1 is 1.50 bits per heavy atom. The molecule has 0 aliphatic carbocycles. The van der Waals surface area contributed by atoms with Gasteiger partial charge < -0.3 is 20.5 Å². The summed E-state index contributed by atoms with van der Waals surface area (Å²) in [6.07, 6.45) is 0.0316. The van der Waals surface area contributed by atoms with Crippen molar-refractivity contribution in [3.63, 3.8) is 0 Å². The van der Waals surface area contributed by atoms with Gasteiger partial charge in [-0.2, -0.15) is 5.10 Å². The Morgan fingerprint density at radius 3 is 3.12 bits per heavy atom. The van der Waals surface area contributed by atoms with E-state index in [0.717, 1.165) is 24.2 Å². The van der Waals surface area contributed by atoms with Crippen LogP contribution < -0.4 is 15.4 Å². The molecule has 24 heavy (non-hydrogen) atoms. The molecule has 2 heterocycles. The number of carbonyl (C=O) groups excluding carboxylic acids is 1. The number of hydrogen-bond donors (Lipinski definition) is 4. The summed E-state index contributed by atoms with van der Waals surface area (Å²) in [7, 11) is 1.57. The Bertz CT molecular complexity index is 704. The number of nitrogens with one attached hydrogen (secondary N) is 3. The van der Waals surface area contributed by atoms with Crippen molar-refractivity contribution in [3.8, 4) is 5.75 Å². The summed E-state index contributed by atoms with van der Waals surface area (Å²) in [5.41, 5.74) is 2.99. The number of H-pyrrole nitrogens is 1. The molecule has 2 aromatic rings. The molecule has 7 nitrogen and oxygen atoms in total. The summed E-state index contributed by atoms with van der Waals surface area (Å²) >= 11 is 0. The molecular formula is C16H21ClN4O3. The second-order valence-corrected chi connectivity index (χ2v) is 5.46. The smallest absolute Gasteiger partial charge is 0.272 e. The molecule has 0 fully saturated rings. The zero-order valence-electron chi connectivity index (χ0n) is 13.3. The van der Waals surface area contributed by atoms with Crippen LogP contribution in [0.25, 0.3) is 0 Å². The standard InChI is InChI=1S/C16H20N4O3.ClH/c1-23-11-4-2-3-10(7-11)14(21)9-18-16(22)15-12-8-17-6-5-13(12)19-20-15;/h2-4,7,14,17,21H,5-6,8-9H2,1H3,(H,18,22)(H,19,20);1H. The maximum atomic E-state index is 12.3. The number of amides is 1. The highest BCUT2D eigenvalue weighted by molar-refractivity contribution is 5.94. The van der Waals surface area contributed by atoms with Gasteiger partial charge in [-0.15, -0.1) is 12.4 Å². The third-order valence-electron chi connectivity index (χ3n) is 3.96. The highest BCUT2D eigenvalue weighted by Crippen LogP contribution is 2.19. The Hall–Kier alpha value is -2.09. The third kappa shape index (κ3) is 3.87. The number of nitrogens with zero attached hydrogens (tertiary/aromatic N) is 1. The van der Waals surface area contributed by atoms with Gasteiger partial charge in [0.2, 0.25) is 0 Å². The van der Waals surface area contributed by atoms with Crippen LogP contribution in [0.2, 0.25) is 0 Å². The lowest BCUT2D eigenvalue weighted by Crippen LogP contribution is -2.31. The third-order valence-corrected chi connectivity index (χ3v) is 3.96. The Morgan fingerprint density at radius 2 is 2.33 bits per heavy atom. The summed E-state index contributed by atoms with van der Waals surface area (Å²) in [6, 6.07) is 7.14. The molecular weight excluding hydrogens is 332 g/mol. The minimum absolute atomic E-state index is 0. The summed E-state index contributed by atoms with van der Waals surface area (Å²) in [5, 5.41) is 23.2. The van der Waals surface area contributed by atoms with E-state index in [1.807, 2.05) is 0 Å². The molecule has 1 unspecified atom stereocenters. The number of aromatic amines is 1. The molecule has 4 N–H and O–H groups in total. The van der Waals surface area contributed by atoms with Crippen molar-refractivity contribution in [2.75, 3.05) is 20.2 Å². The van der Waals surface area contributed by atoms with Gasteiger partial charge >= 0.3 is 0 Å². The fraction of sp³-hybridized carbons (Fsp3) is 0.375. The zero-order valence-corrected chi connectivity index (χ0v) is 14.2. The molecule has 130 valence electrons. The lowest BCUT2D eigenvalue weighted by molar-refractivity contribution is 0.0910. The number of aromatic nitrogens is 2. The van der Waals surface area contributed by atoms with Crippen LogP contribution >= 0.6 is 12.4 Å². The second-order valence-electron chi connectivity index (χ2n) is 5.46. The van der Waals surface area contributed by atoms with Gasteiger partial charge in [0.15, 0.2) is 5.69 Å². The van der Waals surface area contributed by atoms with Crippen molar-refractivity contribution in [2.45, 2.75) is 19.1 Å². The quantitative estimate of drug-likeness (QED) is 0.642. The Kier molecular flexibility index (Phi) is 6.19. The maximum absolute atomic E-state index is 12.3. The van der Waals surface area contributed by atoms with Crippen molar-refractivity contribution >= 4 is 18.3 Å². The first-order valence-electron chi connectivity index (χ1n) is 7.56. The average molecular weight is 353 g/mol. The number of aliphatic hydroxyl groups is 1. The second kappa shape index (κ2) is 8.14. The fourth-order valence-corrected chi connectivity index (χ4v) is 2.65. The molecule has 1 aromatic heterocycles. The van der Waals surface area contributed by atoms with Gasteiger partial charge in [0.1, 0.15) is 5.75 Å². The molecule has 8 heteroatoms. The van der Waals surface area contributed by atoms with Crippen molar-refractivity contribution in [2.24, 2.45) is 0 Å². The Balaban J connectivity index is 0.00000208. The normalized spacial score (nSPS) is 14.2. The van der Waals surface area contributed by atoms with Crippen LogP contribution in [0.1, 0.15) is 33.4 Å². The van der Waals surface area contributed by atoms with Gasteiger partial charge in [-0.05, 0) is 17.7 Å². The van der Waals surface area contributed by atoms with E-state index in [0.29, 0.717) is 23.6 Å². The minimum Gasteiger partial charge on any atom is -0.497 e. The van der Waals surface area contributed by atoms with Crippen LogP contribution in [0, 0.1) is 0 Å². The molecule has 0 spiro atoms. The van der Waals surface area contributed by atoms with Gasteiger partial charge in [-0.3, -0.25) is 9.89 Å². The minimum atomic E-state index is -0.804. The first-order chi connectivity index (χ1) is 11.2. The monoisotopic (exact) mass is 352 g/mol. The summed E-state index contributed by atoms with van der Waals surface area (Å²) < 4.78 is 5.13. The van der Waals surface area contributed by atoms with E-state index in [4.69, 9.17) is 4.74 Å². The molecule has 1 aliphatic rings. The maximum Gasteiger partial charge on any atom is 0.272 e. The topological polar surface area (TPSA) is 99.3 Å². The first kappa shape index (κ1) is 18.3. The largest absolute Gasteiger partial charge is 0.497 e. The highest BCUT2D eigenvalue weighted by Gasteiger charge is 2.22. The number of aliphatic hydroxyl groups excluding tert-OH is 1. The molecule has 0 saturated carbocycles. The number of benzene rings is 1. The van der Waals surface area contributed by atoms with Crippen LogP contribution in [0.4, 0.5) is 0 Å². The van der Waals surface area contributed by atoms with E-state index >= 15 is 0 Å². The molecule has 0 saturated heterocycles. The van der Waals surface area contributed by atoms with Crippen molar-refractivity contribution < 1.29 is 14.6 Å². The van der Waals surface area contributed by atoms with E-state index in [1.165, 1.54) is 0 Å². The number of carbonyl (C=O) groups is 1. The number of rotatable bonds is 5. The van der Waals surface area contributed by atoms with E-state index in [-0.39, 0.29) is 24.9 Å². The molecule has 1 aliphatic heterocycles. The number of hydrogen-bond acceptors (Lipinski definition) is 5. The molecule has 1 amide bonds. The zero-order chi connectivity index (χ0) is 16.2. The van der Waals surface area contributed by atoms with Crippen molar-refractivity contribution in [1.82, 2.24) is 20.8 Å². The molecule has 3 rings (SSSR count). The van der Waals surface area contributed by atoms with Crippen LogP contribution in [-0.2, 0) is 13.0 Å². The fourth-order valence-electron chi connectivity index (χ4n) is 2.65. The lowest BCUT2D eigenvalue weighted by atomic mass is 10.1. The van der Waals surface area contributed by atoms with E-state index in [1.54, 1.807) is 31.4 Å². The predicted octanol–water partition coefficient (Wildman–Crippen LogP) is 0.949. The van der Waals surface area contributed by atoms with Crippen LogP contribution in [0.3, 0.4) is 0 Å².